The van der Waals surface area contributed by atoms with Crippen molar-refractivity contribution in [2.24, 2.45) is 0 Å². The molecule has 0 spiro atoms. The van der Waals surface area contributed by atoms with Crippen molar-refractivity contribution in [3.05, 3.63) is 52.3 Å². The molecule has 2 aromatic carbocycles. The third-order valence-corrected chi connectivity index (χ3v) is 4.26. The molecule has 2 N–H and O–H groups in total. The molecule has 0 aromatic heterocycles. The maximum Gasteiger partial charge on any atom is 0.412 e. The van der Waals surface area contributed by atoms with Crippen molar-refractivity contribution >= 4 is 46.6 Å². The Morgan fingerprint density at radius 1 is 1.10 bits per heavy atom. The molecular formula is C20H21Cl2FN2O4. The Morgan fingerprint density at radius 2 is 1.79 bits per heavy atom. The monoisotopic (exact) mass is 442 g/mol. The molecule has 9 heteroatoms. The number of hydrogen-bond donors (Lipinski definition) is 2. The first kappa shape index (κ1) is 22.8. The summed E-state index contributed by atoms with van der Waals surface area (Å²) in [6, 6.07) is 8.50. The third-order valence-electron chi connectivity index (χ3n) is 3.46. The summed E-state index contributed by atoms with van der Waals surface area (Å²) >= 11 is 12.0. The minimum atomic E-state index is -0.993. The van der Waals surface area contributed by atoms with Gasteiger partial charge in [-0.15, -0.1) is 0 Å². The molecule has 29 heavy (non-hydrogen) atoms. The van der Waals surface area contributed by atoms with Gasteiger partial charge >= 0.3 is 6.09 Å². The summed E-state index contributed by atoms with van der Waals surface area (Å²) < 4.78 is 24.8. The lowest BCUT2D eigenvalue weighted by molar-refractivity contribution is -0.122. The highest BCUT2D eigenvalue weighted by molar-refractivity contribution is 6.42. The molecular weight excluding hydrogens is 422 g/mol. The number of carbonyl (C=O) groups excluding carboxylic acids is 2. The molecule has 0 saturated carbocycles. The van der Waals surface area contributed by atoms with Crippen LogP contribution >= 0.6 is 23.2 Å². The Balaban J connectivity index is 2.07. The summed E-state index contributed by atoms with van der Waals surface area (Å²) in [6.07, 6.45) is -1.69. The van der Waals surface area contributed by atoms with Crippen molar-refractivity contribution in [3.8, 4) is 5.75 Å². The third kappa shape index (κ3) is 6.80. The van der Waals surface area contributed by atoms with Crippen molar-refractivity contribution < 1.29 is 23.5 Å². The lowest BCUT2D eigenvalue weighted by Gasteiger charge is -2.20. The van der Waals surface area contributed by atoms with Crippen molar-refractivity contribution in [1.29, 1.82) is 0 Å². The first-order chi connectivity index (χ1) is 13.5. The average molecular weight is 443 g/mol. The standard InChI is InChI=1S/C20H21Cl2FN2O4/c1-11(28-16-7-5-6-13(21)17(16)22)18(26)25-15-10-12(8-9-14(15)23)24-19(27)29-20(2,3)4/h5-11H,1-4H3,(H,24,27)(H,25,26). The van der Waals surface area contributed by atoms with Gasteiger partial charge in [-0.05, 0) is 58.0 Å². The predicted octanol–water partition coefficient (Wildman–Crippen LogP) is 5.89. The van der Waals surface area contributed by atoms with E-state index in [4.69, 9.17) is 32.7 Å². The van der Waals surface area contributed by atoms with Crippen LogP contribution in [0.4, 0.5) is 20.6 Å². The molecule has 2 amide bonds. The molecule has 2 aromatic rings. The lowest BCUT2D eigenvalue weighted by Crippen LogP contribution is -2.30. The number of ether oxygens (including phenoxy) is 2. The summed E-state index contributed by atoms with van der Waals surface area (Å²) in [5, 5.41) is 5.35. The zero-order chi connectivity index (χ0) is 21.8. The average Bonchev–Trinajstić information content (AvgIpc) is 2.60. The molecule has 0 radical (unpaired) electrons. The van der Waals surface area contributed by atoms with Crippen LogP contribution in [0.15, 0.2) is 36.4 Å². The van der Waals surface area contributed by atoms with Crippen LogP contribution in [0.3, 0.4) is 0 Å². The van der Waals surface area contributed by atoms with E-state index in [0.717, 1.165) is 6.07 Å². The van der Waals surface area contributed by atoms with Crippen molar-refractivity contribution in [2.75, 3.05) is 10.6 Å². The maximum atomic E-state index is 14.1. The summed E-state index contributed by atoms with van der Waals surface area (Å²) in [5.74, 6) is -1.07. The Labute approximate surface area is 178 Å². The second-order valence-corrected chi connectivity index (χ2v) is 7.91. The Bertz CT molecular complexity index is 916. The SMILES string of the molecule is CC(Oc1cccc(Cl)c1Cl)C(=O)Nc1cc(NC(=O)OC(C)(C)C)ccc1F. The van der Waals surface area contributed by atoms with E-state index < -0.39 is 29.5 Å². The fraction of sp³-hybridized carbons (Fsp3) is 0.300. The van der Waals surface area contributed by atoms with Gasteiger partial charge in [-0.2, -0.15) is 0 Å². The fourth-order valence-electron chi connectivity index (χ4n) is 2.17. The van der Waals surface area contributed by atoms with Gasteiger partial charge in [-0.25, -0.2) is 9.18 Å². The Hall–Kier alpha value is -2.51. The highest BCUT2D eigenvalue weighted by Crippen LogP contribution is 2.32. The summed E-state index contributed by atoms with van der Waals surface area (Å²) in [5.41, 5.74) is -0.561. The number of benzene rings is 2. The smallest absolute Gasteiger partial charge is 0.412 e. The maximum absolute atomic E-state index is 14.1. The second kappa shape index (κ2) is 9.33. The van der Waals surface area contributed by atoms with E-state index >= 15 is 0 Å². The van der Waals surface area contributed by atoms with Crippen LogP contribution in [-0.4, -0.2) is 23.7 Å². The number of hydrogen-bond acceptors (Lipinski definition) is 4. The van der Waals surface area contributed by atoms with Crippen molar-refractivity contribution in [1.82, 2.24) is 0 Å². The van der Waals surface area contributed by atoms with Crippen LogP contribution < -0.4 is 15.4 Å². The van der Waals surface area contributed by atoms with Crippen LogP contribution in [0.1, 0.15) is 27.7 Å². The van der Waals surface area contributed by atoms with Crippen molar-refractivity contribution in [2.45, 2.75) is 39.4 Å². The molecule has 2 rings (SSSR count). The number of amides is 2. The summed E-state index contributed by atoms with van der Waals surface area (Å²) in [7, 11) is 0. The minimum Gasteiger partial charge on any atom is -0.479 e. The van der Waals surface area contributed by atoms with Crippen molar-refractivity contribution in [3.63, 3.8) is 0 Å². The molecule has 0 saturated heterocycles. The molecule has 0 heterocycles. The molecule has 0 aliphatic carbocycles. The van der Waals surface area contributed by atoms with Gasteiger partial charge in [0.1, 0.15) is 22.2 Å². The molecule has 6 nitrogen and oxygen atoms in total. The van der Waals surface area contributed by atoms with Gasteiger partial charge in [-0.3, -0.25) is 10.1 Å². The molecule has 0 fully saturated rings. The van der Waals surface area contributed by atoms with E-state index in [9.17, 15) is 14.0 Å². The second-order valence-electron chi connectivity index (χ2n) is 7.12. The van der Waals surface area contributed by atoms with Gasteiger partial charge in [0.15, 0.2) is 6.10 Å². The van der Waals surface area contributed by atoms with E-state index in [1.54, 1.807) is 39.0 Å². The molecule has 0 aliphatic rings. The van der Waals surface area contributed by atoms with E-state index in [1.165, 1.54) is 19.1 Å². The zero-order valence-corrected chi connectivity index (χ0v) is 17.8. The van der Waals surface area contributed by atoms with Gasteiger partial charge in [0.05, 0.1) is 10.7 Å². The molecule has 0 bridgehead atoms. The van der Waals surface area contributed by atoms with Crippen LogP contribution in [0.5, 0.6) is 5.75 Å². The zero-order valence-electron chi connectivity index (χ0n) is 16.3. The van der Waals surface area contributed by atoms with Gasteiger partial charge in [0.25, 0.3) is 5.91 Å². The van der Waals surface area contributed by atoms with Crippen LogP contribution in [0, 0.1) is 5.82 Å². The number of rotatable bonds is 5. The predicted molar refractivity (Wildman–Crippen MR) is 111 cm³/mol. The number of halogens is 3. The number of nitrogens with one attached hydrogen (secondary N) is 2. The first-order valence-corrected chi connectivity index (χ1v) is 9.43. The highest BCUT2D eigenvalue weighted by Gasteiger charge is 2.20. The first-order valence-electron chi connectivity index (χ1n) is 8.67. The summed E-state index contributed by atoms with van der Waals surface area (Å²) in [4.78, 5) is 24.3. The highest BCUT2D eigenvalue weighted by atomic mass is 35.5. The Morgan fingerprint density at radius 3 is 2.45 bits per heavy atom. The van der Waals surface area contributed by atoms with Gasteiger partial charge < -0.3 is 14.8 Å². The van der Waals surface area contributed by atoms with E-state index in [1.807, 2.05) is 0 Å². The van der Waals surface area contributed by atoms with Gasteiger partial charge in [0.2, 0.25) is 0 Å². The molecule has 1 atom stereocenters. The van der Waals surface area contributed by atoms with E-state index in [2.05, 4.69) is 10.6 Å². The Kier molecular flexibility index (Phi) is 7.32. The molecule has 1 unspecified atom stereocenters. The molecule has 0 aliphatic heterocycles. The quantitative estimate of drug-likeness (QED) is 0.605. The summed E-state index contributed by atoms with van der Waals surface area (Å²) in [6.45, 7) is 6.64. The normalized spacial score (nSPS) is 12.1. The van der Waals surface area contributed by atoms with E-state index in [0.29, 0.717) is 0 Å². The fourth-order valence-corrected chi connectivity index (χ4v) is 2.51. The van der Waals surface area contributed by atoms with Crippen LogP contribution in [-0.2, 0) is 9.53 Å². The molecule has 156 valence electrons. The topological polar surface area (TPSA) is 76.7 Å². The number of anilines is 2. The lowest BCUT2D eigenvalue weighted by atomic mass is 10.2. The minimum absolute atomic E-state index is 0.129. The van der Waals surface area contributed by atoms with Gasteiger partial charge in [0, 0.05) is 5.69 Å². The van der Waals surface area contributed by atoms with Gasteiger partial charge in [-0.1, -0.05) is 29.3 Å². The van der Waals surface area contributed by atoms with Crippen LogP contribution in [0.25, 0.3) is 0 Å². The largest absolute Gasteiger partial charge is 0.479 e. The number of carbonyl (C=O) groups is 2. The van der Waals surface area contributed by atoms with Crippen LogP contribution in [0.2, 0.25) is 10.0 Å². The van der Waals surface area contributed by atoms with E-state index in [-0.39, 0.29) is 27.2 Å².